The molecule has 2 saturated heterocycles. The number of hydrogen-bond acceptors (Lipinski definition) is 4. The largest absolute Gasteiger partial charge is 0.357 e. The van der Waals surface area contributed by atoms with E-state index < -0.39 is 6.43 Å². The highest BCUT2D eigenvalue weighted by atomic mass is 32.1. The molecule has 0 aromatic carbocycles. The summed E-state index contributed by atoms with van der Waals surface area (Å²) in [5, 5.41) is 9.07. The van der Waals surface area contributed by atoms with E-state index in [0.29, 0.717) is 18.0 Å². The van der Waals surface area contributed by atoms with Gasteiger partial charge in [-0.15, -0.1) is 11.3 Å². The standard InChI is InChI=1S/C21H35F2N5S/c1-3-24-21(26-17-8-11-28(12-9-17)15-19(22)23)25-14-16-6-4-10-27(2)20(16)18-7-5-13-29-18/h5,7,13,16-17,19-20H,3-4,6,8-12,14-15H2,1-2H3,(H2,24,25,26). The van der Waals surface area contributed by atoms with Gasteiger partial charge < -0.3 is 10.6 Å². The van der Waals surface area contributed by atoms with Crippen LogP contribution in [-0.4, -0.2) is 74.5 Å². The minimum absolute atomic E-state index is 0.111. The maximum Gasteiger partial charge on any atom is 0.251 e. The van der Waals surface area contributed by atoms with E-state index in [4.69, 9.17) is 4.99 Å². The fourth-order valence-corrected chi connectivity index (χ4v) is 5.52. The number of alkyl halides is 2. The molecular formula is C21H35F2N5S. The second-order valence-corrected chi connectivity index (χ2v) is 9.15. The second kappa shape index (κ2) is 11.2. The highest BCUT2D eigenvalue weighted by Gasteiger charge is 2.31. The van der Waals surface area contributed by atoms with E-state index in [-0.39, 0.29) is 6.54 Å². The summed E-state index contributed by atoms with van der Waals surface area (Å²) in [7, 11) is 2.22. The summed E-state index contributed by atoms with van der Waals surface area (Å²) in [6, 6.07) is 5.11. The first-order valence-electron chi connectivity index (χ1n) is 10.9. The molecule has 164 valence electrons. The van der Waals surface area contributed by atoms with E-state index in [1.165, 1.54) is 17.7 Å². The molecule has 0 aliphatic carbocycles. The number of hydrogen-bond donors (Lipinski definition) is 2. The lowest BCUT2D eigenvalue weighted by atomic mass is 9.88. The number of likely N-dealkylation sites (tertiary alicyclic amines) is 2. The lowest BCUT2D eigenvalue weighted by Crippen LogP contribution is -2.49. The summed E-state index contributed by atoms with van der Waals surface area (Å²) >= 11 is 1.83. The van der Waals surface area contributed by atoms with E-state index in [0.717, 1.165) is 51.5 Å². The fraction of sp³-hybridized carbons (Fsp3) is 0.762. The van der Waals surface area contributed by atoms with Crippen LogP contribution in [0.4, 0.5) is 8.78 Å². The molecule has 5 nitrogen and oxygen atoms in total. The smallest absolute Gasteiger partial charge is 0.251 e. The van der Waals surface area contributed by atoms with Gasteiger partial charge in [0.1, 0.15) is 0 Å². The Morgan fingerprint density at radius 2 is 2.07 bits per heavy atom. The van der Waals surface area contributed by atoms with Crippen molar-refractivity contribution in [3.63, 3.8) is 0 Å². The number of piperidine rings is 2. The topological polar surface area (TPSA) is 42.9 Å². The first kappa shape index (κ1) is 22.4. The van der Waals surface area contributed by atoms with Crippen LogP contribution in [0.15, 0.2) is 22.5 Å². The number of nitrogens with one attached hydrogen (secondary N) is 2. The highest BCUT2D eigenvalue weighted by molar-refractivity contribution is 7.10. The second-order valence-electron chi connectivity index (χ2n) is 8.17. The first-order valence-corrected chi connectivity index (χ1v) is 11.7. The van der Waals surface area contributed by atoms with Gasteiger partial charge in [0.15, 0.2) is 5.96 Å². The lowest BCUT2D eigenvalue weighted by Gasteiger charge is -2.38. The third-order valence-corrected chi connectivity index (χ3v) is 6.94. The average Bonchev–Trinajstić information content (AvgIpc) is 3.21. The molecular weight excluding hydrogens is 392 g/mol. The Morgan fingerprint density at radius 3 is 2.72 bits per heavy atom. The number of aliphatic imine (C=N–C) groups is 1. The van der Waals surface area contributed by atoms with E-state index >= 15 is 0 Å². The molecule has 1 aromatic heterocycles. The van der Waals surface area contributed by atoms with Gasteiger partial charge in [-0.05, 0) is 63.6 Å². The lowest BCUT2D eigenvalue weighted by molar-refractivity contribution is 0.0744. The number of halogens is 2. The van der Waals surface area contributed by atoms with Gasteiger partial charge in [0.25, 0.3) is 6.43 Å². The van der Waals surface area contributed by atoms with Gasteiger partial charge in [0.05, 0.1) is 6.54 Å². The van der Waals surface area contributed by atoms with Crippen LogP contribution >= 0.6 is 11.3 Å². The average molecular weight is 428 g/mol. The van der Waals surface area contributed by atoms with Crippen LogP contribution in [0.1, 0.15) is 43.5 Å². The zero-order valence-electron chi connectivity index (χ0n) is 17.6. The molecule has 2 N–H and O–H groups in total. The molecule has 0 saturated carbocycles. The van der Waals surface area contributed by atoms with Crippen molar-refractivity contribution >= 4 is 17.3 Å². The Hall–Kier alpha value is -1.25. The minimum Gasteiger partial charge on any atom is -0.357 e. The Kier molecular flexibility index (Phi) is 8.68. The zero-order valence-corrected chi connectivity index (χ0v) is 18.4. The van der Waals surface area contributed by atoms with Gasteiger partial charge in [-0.2, -0.15) is 0 Å². The van der Waals surface area contributed by atoms with E-state index in [2.05, 4.69) is 47.0 Å². The fourth-order valence-electron chi connectivity index (χ4n) is 4.54. The Bertz CT molecular complexity index is 617. The van der Waals surface area contributed by atoms with Gasteiger partial charge in [-0.1, -0.05) is 6.07 Å². The maximum absolute atomic E-state index is 12.6. The molecule has 0 radical (unpaired) electrons. The third-order valence-electron chi connectivity index (χ3n) is 5.99. The van der Waals surface area contributed by atoms with Crippen molar-refractivity contribution in [2.24, 2.45) is 10.9 Å². The Balaban J connectivity index is 1.57. The van der Waals surface area contributed by atoms with E-state index in [9.17, 15) is 8.78 Å². The molecule has 3 rings (SSSR count). The molecule has 0 amide bonds. The van der Waals surface area contributed by atoms with Crippen molar-refractivity contribution in [1.82, 2.24) is 20.4 Å². The third kappa shape index (κ3) is 6.62. The van der Waals surface area contributed by atoms with Crippen LogP contribution in [0.3, 0.4) is 0 Å². The van der Waals surface area contributed by atoms with Crippen molar-refractivity contribution in [2.75, 3.05) is 46.3 Å². The van der Waals surface area contributed by atoms with E-state index in [1.807, 2.05) is 16.2 Å². The van der Waals surface area contributed by atoms with Crippen molar-refractivity contribution in [3.8, 4) is 0 Å². The summed E-state index contributed by atoms with van der Waals surface area (Å²) in [6.07, 6.45) is 1.91. The van der Waals surface area contributed by atoms with Crippen LogP contribution in [0.5, 0.6) is 0 Å². The van der Waals surface area contributed by atoms with Gasteiger partial charge in [0.2, 0.25) is 0 Å². The van der Waals surface area contributed by atoms with Crippen molar-refractivity contribution in [2.45, 2.75) is 51.1 Å². The monoisotopic (exact) mass is 427 g/mol. The molecule has 0 spiro atoms. The minimum atomic E-state index is -2.25. The van der Waals surface area contributed by atoms with Crippen molar-refractivity contribution in [1.29, 1.82) is 0 Å². The molecule has 0 bridgehead atoms. The Morgan fingerprint density at radius 1 is 1.28 bits per heavy atom. The molecule has 2 fully saturated rings. The molecule has 2 unspecified atom stereocenters. The summed E-state index contributed by atoms with van der Waals surface area (Å²) < 4.78 is 25.2. The molecule has 2 aliphatic heterocycles. The molecule has 1 aromatic rings. The molecule has 2 aliphatic rings. The summed E-state index contributed by atoms with van der Waals surface area (Å²) in [4.78, 5) is 10.7. The summed E-state index contributed by atoms with van der Waals surface area (Å²) in [5.41, 5.74) is 0. The van der Waals surface area contributed by atoms with Crippen LogP contribution in [0, 0.1) is 5.92 Å². The van der Waals surface area contributed by atoms with Gasteiger partial charge in [-0.25, -0.2) is 8.78 Å². The zero-order chi connectivity index (χ0) is 20.6. The Labute approximate surface area is 177 Å². The maximum atomic E-state index is 12.6. The molecule has 3 heterocycles. The predicted molar refractivity (Wildman–Crippen MR) is 117 cm³/mol. The number of rotatable bonds is 7. The van der Waals surface area contributed by atoms with Gasteiger partial charge >= 0.3 is 0 Å². The summed E-state index contributed by atoms with van der Waals surface area (Å²) in [5.74, 6) is 1.37. The number of nitrogens with zero attached hydrogens (tertiary/aromatic N) is 3. The quantitative estimate of drug-likeness (QED) is 0.517. The molecule has 8 heteroatoms. The predicted octanol–water partition coefficient (Wildman–Crippen LogP) is 3.42. The van der Waals surface area contributed by atoms with Crippen LogP contribution in [0.2, 0.25) is 0 Å². The number of thiophene rings is 1. The van der Waals surface area contributed by atoms with Gasteiger partial charge in [0, 0.05) is 43.1 Å². The van der Waals surface area contributed by atoms with Crippen molar-refractivity contribution in [3.05, 3.63) is 22.4 Å². The van der Waals surface area contributed by atoms with Crippen LogP contribution in [-0.2, 0) is 0 Å². The molecule has 29 heavy (non-hydrogen) atoms. The SMILES string of the molecule is CCNC(=NCC1CCCN(C)C1c1cccs1)NC1CCN(CC(F)F)CC1. The van der Waals surface area contributed by atoms with Crippen LogP contribution in [0.25, 0.3) is 0 Å². The number of guanidine groups is 1. The normalized spacial score (nSPS) is 25.5. The highest BCUT2D eigenvalue weighted by Crippen LogP contribution is 2.37. The molecule has 2 atom stereocenters. The van der Waals surface area contributed by atoms with Gasteiger partial charge in [-0.3, -0.25) is 14.8 Å². The van der Waals surface area contributed by atoms with Crippen molar-refractivity contribution < 1.29 is 8.78 Å². The van der Waals surface area contributed by atoms with Crippen LogP contribution < -0.4 is 10.6 Å². The van der Waals surface area contributed by atoms with E-state index in [1.54, 1.807) is 0 Å². The summed E-state index contributed by atoms with van der Waals surface area (Å²) in [6.45, 7) is 6.15. The first-order chi connectivity index (χ1) is 14.1.